The van der Waals surface area contributed by atoms with Crippen molar-refractivity contribution >= 4 is 26.7 Å². The summed E-state index contributed by atoms with van der Waals surface area (Å²) in [6.45, 7) is 6.20. The molecule has 1 aliphatic carbocycles. The van der Waals surface area contributed by atoms with Crippen LogP contribution in [0.1, 0.15) is 25.3 Å². The van der Waals surface area contributed by atoms with Gasteiger partial charge in [-0.15, -0.1) is 0 Å². The largest absolute Gasteiger partial charge is 0.303 e. The lowest BCUT2D eigenvalue weighted by molar-refractivity contribution is 0.184. The number of aromatic nitrogens is 1. The number of pyridine rings is 1. The van der Waals surface area contributed by atoms with Gasteiger partial charge in [-0.25, -0.2) is 0 Å². The van der Waals surface area contributed by atoms with Crippen molar-refractivity contribution in [1.82, 2.24) is 9.88 Å². The number of benzene rings is 1. The first-order chi connectivity index (χ1) is 10.7. The molecule has 4 rings (SSSR count). The van der Waals surface area contributed by atoms with Crippen LogP contribution in [0.2, 0.25) is 0 Å². The van der Waals surface area contributed by atoms with Crippen LogP contribution in [0.5, 0.6) is 0 Å². The molecule has 3 unspecified atom stereocenters. The normalized spacial score (nSPS) is 31.2. The zero-order chi connectivity index (χ0) is 15.2. The van der Waals surface area contributed by atoms with E-state index in [4.69, 9.17) is 0 Å². The molecule has 22 heavy (non-hydrogen) atoms. The molecule has 1 aromatic heterocycles. The summed E-state index contributed by atoms with van der Waals surface area (Å²) >= 11 is 3.86. The fourth-order valence-corrected chi connectivity index (χ4v) is 5.25. The topological polar surface area (TPSA) is 16.1 Å². The number of aryl methyl sites for hydroxylation is 1. The van der Waals surface area contributed by atoms with Crippen LogP contribution in [-0.2, 0) is 6.42 Å². The van der Waals surface area contributed by atoms with Crippen molar-refractivity contribution in [3.05, 3.63) is 42.2 Å². The Morgan fingerprint density at radius 3 is 3.05 bits per heavy atom. The van der Waals surface area contributed by atoms with E-state index in [0.717, 1.165) is 17.2 Å². The molecule has 2 fully saturated rings. The Balaban J connectivity index is 1.35. The number of likely N-dealkylation sites (tertiary alicyclic amines) is 1. The van der Waals surface area contributed by atoms with E-state index < -0.39 is 0 Å². The van der Waals surface area contributed by atoms with E-state index in [0.29, 0.717) is 5.41 Å². The average Bonchev–Trinajstić information content (AvgIpc) is 3.09. The van der Waals surface area contributed by atoms with Crippen molar-refractivity contribution in [3.8, 4) is 0 Å². The number of piperidine rings is 1. The fraction of sp³-hybridized carbons (Fsp3) is 0.526. The third kappa shape index (κ3) is 2.48. The third-order valence-corrected chi connectivity index (χ3v) is 7.50. The molecule has 2 nitrogen and oxygen atoms in total. The zero-order valence-electron chi connectivity index (χ0n) is 13.1. The minimum atomic E-state index is 0.593. The van der Waals surface area contributed by atoms with Crippen molar-refractivity contribution in [2.75, 3.05) is 19.6 Å². The smallest absolute Gasteiger partial charge is 0.0346 e. The first-order valence-electron chi connectivity index (χ1n) is 8.36. The molecule has 1 saturated carbocycles. The maximum Gasteiger partial charge on any atom is 0.0346 e. The first-order valence-corrected chi connectivity index (χ1v) is 9.28. The summed E-state index contributed by atoms with van der Waals surface area (Å²) in [5, 5.41) is 2.63. The van der Waals surface area contributed by atoms with E-state index in [1.165, 1.54) is 48.8 Å². The van der Waals surface area contributed by atoms with Crippen LogP contribution in [0.3, 0.4) is 0 Å². The fourth-order valence-electron chi connectivity index (χ4n) is 4.07. The van der Waals surface area contributed by atoms with Crippen LogP contribution < -0.4 is 0 Å². The summed E-state index contributed by atoms with van der Waals surface area (Å²) in [5.74, 6) is 0.875. The second kappa shape index (κ2) is 5.61. The molecule has 0 spiro atoms. The average molecular weight is 359 g/mol. The molecule has 2 aliphatic rings. The number of rotatable bonds is 4. The number of fused-ring (bicyclic) bond motifs is 2. The standard InChI is InChI=1S/C19H23BrN2/c1-19-8-10-22(13-17(19)18(19)20)9-4-6-15-12-21-11-14-5-2-3-7-16(14)15/h2-3,5,7,11-12,17-18H,4,6,8-10,13H2,1H3. The Labute approximate surface area is 141 Å². The number of halogens is 1. The van der Waals surface area contributed by atoms with Crippen LogP contribution in [0.25, 0.3) is 10.8 Å². The van der Waals surface area contributed by atoms with Crippen LogP contribution in [0, 0.1) is 11.3 Å². The highest BCUT2D eigenvalue weighted by Crippen LogP contribution is 2.61. The molecular weight excluding hydrogens is 336 g/mol. The number of hydrogen-bond acceptors (Lipinski definition) is 2. The molecule has 2 heterocycles. The molecule has 1 aromatic carbocycles. The highest BCUT2D eigenvalue weighted by atomic mass is 79.9. The maximum atomic E-state index is 4.40. The molecule has 2 aromatic rings. The van der Waals surface area contributed by atoms with Gasteiger partial charge in [-0.1, -0.05) is 47.1 Å². The third-order valence-electron chi connectivity index (χ3n) is 5.81. The number of hydrogen-bond donors (Lipinski definition) is 0. The van der Waals surface area contributed by atoms with Gasteiger partial charge < -0.3 is 4.90 Å². The van der Waals surface area contributed by atoms with Gasteiger partial charge in [-0.05, 0) is 54.6 Å². The van der Waals surface area contributed by atoms with Crippen molar-refractivity contribution in [1.29, 1.82) is 0 Å². The van der Waals surface area contributed by atoms with E-state index in [2.05, 4.69) is 57.0 Å². The second-order valence-electron chi connectivity index (χ2n) is 7.19. The predicted molar refractivity (Wildman–Crippen MR) is 95.4 cm³/mol. The Hall–Kier alpha value is -0.930. The van der Waals surface area contributed by atoms with Gasteiger partial charge in [0.25, 0.3) is 0 Å². The summed E-state index contributed by atoms with van der Waals surface area (Å²) in [6, 6.07) is 8.59. The molecule has 0 bridgehead atoms. The van der Waals surface area contributed by atoms with Gasteiger partial charge in [0.15, 0.2) is 0 Å². The molecule has 0 N–H and O–H groups in total. The Bertz CT molecular complexity index is 681. The van der Waals surface area contributed by atoms with Crippen LogP contribution in [-0.4, -0.2) is 34.3 Å². The lowest BCUT2D eigenvalue weighted by Gasteiger charge is -2.29. The summed E-state index contributed by atoms with van der Waals surface area (Å²) in [4.78, 5) is 7.81. The summed E-state index contributed by atoms with van der Waals surface area (Å²) in [5.41, 5.74) is 1.99. The number of alkyl halides is 1. The Kier molecular flexibility index (Phi) is 3.74. The van der Waals surface area contributed by atoms with Gasteiger partial charge in [0, 0.05) is 29.2 Å². The molecular formula is C19H23BrN2. The van der Waals surface area contributed by atoms with Gasteiger partial charge in [0.1, 0.15) is 0 Å². The summed E-state index contributed by atoms with van der Waals surface area (Å²) in [6.07, 6.45) is 7.72. The quantitative estimate of drug-likeness (QED) is 0.758. The van der Waals surface area contributed by atoms with E-state index in [-0.39, 0.29) is 0 Å². The van der Waals surface area contributed by atoms with Gasteiger partial charge in [0.05, 0.1) is 0 Å². The van der Waals surface area contributed by atoms with Crippen molar-refractivity contribution in [2.45, 2.75) is 31.0 Å². The van der Waals surface area contributed by atoms with E-state index in [9.17, 15) is 0 Å². The van der Waals surface area contributed by atoms with Crippen molar-refractivity contribution < 1.29 is 0 Å². The van der Waals surface area contributed by atoms with Gasteiger partial charge in [-0.2, -0.15) is 0 Å². The molecule has 3 atom stereocenters. The predicted octanol–water partition coefficient (Wildman–Crippen LogP) is 4.27. The highest BCUT2D eigenvalue weighted by Gasteiger charge is 2.61. The van der Waals surface area contributed by atoms with Crippen molar-refractivity contribution in [2.24, 2.45) is 11.3 Å². The van der Waals surface area contributed by atoms with Gasteiger partial charge in [0.2, 0.25) is 0 Å². The lowest BCUT2D eigenvalue weighted by atomic mass is 9.97. The second-order valence-corrected chi connectivity index (χ2v) is 8.17. The van der Waals surface area contributed by atoms with E-state index in [1.54, 1.807) is 0 Å². The SMILES string of the molecule is CC12CCN(CCCc3cncc4ccccc34)CC1C2Br. The Morgan fingerprint density at radius 2 is 2.18 bits per heavy atom. The monoisotopic (exact) mass is 358 g/mol. The molecule has 3 heteroatoms. The minimum Gasteiger partial charge on any atom is -0.303 e. The van der Waals surface area contributed by atoms with Crippen molar-refractivity contribution in [3.63, 3.8) is 0 Å². The zero-order valence-corrected chi connectivity index (χ0v) is 14.7. The van der Waals surface area contributed by atoms with E-state index in [1.807, 2.05) is 12.4 Å². The van der Waals surface area contributed by atoms with E-state index >= 15 is 0 Å². The highest BCUT2D eigenvalue weighted by molar-refractivity contribution is 9.09. The molecule has 116 valence electrons. The van der Waals surface area contributed by atoms with Gasteiger partial charge >= 0.3 is 0 Å². The van der Waals surface area contributed by atoms with Crippen LogP contribution in [0.15, 0.2) is 36.7 Å². The number of nitrogens with zero attached hydrogens (tertiary/aromatic N) is 2. The molecule has 1 saturated heterocycles. The summed E-state index contributed by atoms with van der Waals surface area (Å²) < 4.78 is 0. The molecule has 0 radical (unpaired) electrons. The minimum absolute atomic E-state index is 0.593. The summed E-state index contributed by atoms with van der Waals surface area (Å²) in [7, 11) is 0. The van der Waals surface area contributed by atoms with Gasteiger partial charge in [-0.3, -0.25) is 4.98 Å². The molecule has 1 aliphatic heterocycles. The van der Waals surface area contributed by atoms with Crippen LogP contribution in [0.4, 0.5) is 0 Å². The maximum absolute atomic E-state index is 4.40. The Morgan fingerprint density at radius 1 is 1.32 bits per heavy atom. The van der Waals surface area contributed by atoms with Crippen LogP contribution >= 0.6 is 15.9 Å². The molecule has 0 amide bonds. The first kappa shape index (κ1) is 14.6. The lowest BCUT2D eigenvalue weighted by Crippen LogP contribution is -2.34.